The summed E-state index contributed by atoms with van der Waals surface area (Å²) >= 11 is 3.43. The maximum absolute atomic E-state index is 13.0. The van der Waals surface area contributed by atoms with Crippen LogP contribution >= 0.6 is 23.5 Å². The van der Waals surface area contributed by atoms with E-state index < -0.39 is 0 Å². The summed E-state index contributed by atoms with van der Waals surface area (Å²) in [7, 11) is 0. The first kappa shape index (κ1) is 25.2. The summed E-state index contributed by atoms with van der Waals surface area (Å²) in [5, 5.41) is 3.00. The number of nitrogens with one attached hydrogen (secondary N) is 1. The predicted octanol–water partition coefficient (Wildman–Crippen LogP) is 7.31. The van der Waals surface area contributed by atoms with Crippen LogP contribution in [0.2, 0.25) is 0 Å². The summed E-state index contributed by atoms with van der Waals surface area (Å²) in [5.41, 5.74) is 5.80. The summed E-state index contributed by atoms with van der Waals surface area (Å²) in [6, 6.07) is 34.2. The van der Waals surface area contributed by atoms with Gasteiger partial charge in [0.05, 0.1) is 5.75 Å². The number of hydrogen-bond acceptors (Lipinski definition) is 4. The molecule has 1 aliphatic rings. The number of carbonyl (C=O) groups is 2. The Kier molecular flexibility index (Phi) is 7.97. The third-order valence-corrected chi connectivity index (χ3v) is 8.65. The molecule has 4 aromatic carbocycles. The summed E-state index contributed by atoms with van der Waals surface area (Å²) < 4.78 is 0. The monoisotopic (exact) mass is 524 g/mol. The van der Waals surface area contributed by atoms with Crippen LogP contribution < -0.4 is 5.32 Å². The van der Waals surface area contributed by atoms with Gasteiger partial charge in [0.2, 0.25) is 5.91 Å². The average Bonchev–Trinajstić information content (AvgIpc) is 3.29. The van der Waals surface area contributed by atoms with Crippen LogP contribution in [0.25, 0.3) is 0 Å². The number of hydrogen-bond donors (Lipinski definition) is 1. The number of nitrogens with zero attached hydrogens (tertiary/aromatic N) is 1. The Morgan fingerprint density at radius 3 is 2.32 bits per heavy atom. The third kappa shape index (κ3) is 6.27. The maximum Gasteiger partial charge on any atom is 0.255 e. The van der Waals surface area contributed by atoms with Gasteiger partial charge < -0.3 is 10.2 Å². The normalized spacial score (nSPS) is 15.1. The average molecular weight is 525 g/mol. The van der Waals surface area contributed by atoms with E-state index in [0.29, 0.717) is 17.9 Å². The van der Waals surface area contributed by atoms with Gasteiger partial charge in [-0.05, 0) is 59.5 Å². The van der Waals surface area contributed by atoms with E-state index in [9.17, 15) is 9.59 Å². The second kappa shape index (κ2) is 11.7. The quantitative estimate of drug-likeness (QED) is 0.246. The Labute approximate surface area is 226 Å². The molecule has 2 amide bonds. The first-order valence-corrected chi connectivity index (χ1v) is 14.2. The highest BCUT2D eigenvalue weighted by molar-refractivity contribution is 8.00. The van der Waals surface area contributed by atoms with Crippen molar-refractivity contribution in [2.24, 2.45) is 0 Å². The molecule has 0 bridgehead atoms. The van der Waals surface area contributed by atoms with Crippen LogP contribution in [0.15, 0.2) is 108 Å². The number of benzene rings is 4. The zero-order chi connectivity index (χ0) is 25.6. The predicted molar refractivity (Wildman–Crippen MR) is 154 cm³/mol. The minimum absolute atomic E-state index is 0.0478. The molecule has 4 nitrogen and oxygen atoms in total. The molecule has 1 saturated heterocycles. The lowest BCUT2D eigenvalue weighted by Crippen LogP contribution is -2.27. The summed E-state index contributed by atoms with van der Waals surface area (Å²) in [5.74, 6) is 1.35. The van der Waals surface area contributed by atoms with Crippen molar-refractivity contribution in [2.75, 3.05) is 11.1 Å². The molecule has 0 spiro atoms. The number of anilines is 1. The molecule has 1 heterocycles. The van der Waals surface area contributed by atoms with Crippen molar-refractivity contribution in [2.45, 2.75) is 29.5 Å². The molecule has 0 aromatic heterocycles. The van der Waals surface area contributed by atoms with Crippen molar-refractivity contribution in [1.82, 2.24) is 4.90 Å². The van der Waals surface area contributed by atoms with E-state index >= 15 is 0 Å². The molecule has 0 unspecified atom stereocenters. The van der Waals surface area contributed by atoms with Crippen LogP contribution in [0.1, 0.15) is 38.0 Å². The van der Waals surface area contributed by atoms with Crippen molar-refractivity contribution in [1.29, 1.82) is 0 Å². The zero-order valence-corrected chi connectivity index (χ0v) is 22.2. The Morgan fingerprint density at radius 1 is 0.919 bits per heavy atom. The Bertz CT molecular complexity index is 1380. The fourth-order valence-corrected chi connectivity index (χ4v) is 6.36. The molecular formula is C31H28N2O2S2. The number of rotatable bonds is 8. The molecule has 4 aromatic rings. The highest BCUT2D eigenvalue weighted by Crippen LogP contribution is 2.39. The van der Waals surface area contributed by atoms with Gasteiger partial charge in [0.1, 0.15) is 5.37 Å². The number of aryl methyl sites for hydroxylation is 1. The van der Waals surface area contributed by atoms with E-state index in [1.165, 1.54) is 10.5 Å². The van der Waals surface area contributed by atoms with E-state index in [0.717, 1.165) is 28.1 Å². The number of amides is 2. The molecule has 1 atom stereocenters. The van der Waals surface area contributed by atoms with Crippen molar-refractivity contribution in [3.8, 4) is 0 Å². The molecule has 37 heavy (non-hydrogen) atoms. The fourth-order valence-electron chi connectivity index (χ4n) is 4.31. The lowest BCUT2D eigenvalue weighted by Gasteiger charge is -2.24. The molecule has 1 aliphatic heterocycles. The first-order chi connectivity index (χ1) is 18.1. The molecule has 6 heteroatoms. The van der Waals surface area contributed by atoms with E-state index in [1.54, 1.807) is 23.5 Å². The van der Waals surface area contributed by atoms with Gasteiger partial charge in [-0.25, -0.2) is 0 Å². The van der Waals surface area contributed by atoms with Crippen molar-refractivity contribution in [3.05, 3.63) is 131 Å². The summed E-state index contributed by atoms with van der Waals surface area (Å²) in [6.45, 7) is 2.60. The largest absolute Gasteiger partial charge is 0.322 e. The highest BCUT2D eigenvalue weighted by atomic mass is 32.2. The molecule has 1 N–H and O–H groups in total. The van der Waals surface area contributed by atoms with Crippen molar-refractivity contribution >= 4 is 41.0 Å². The van der Waals surface area contributed by atoms with E-state index in [-0.39, 0.29) is 17.2 Å². The Morgan fingerprint density at radius 2 is 1.62 bits per heavy atom. The smallest absolute Gasteiger partial charge is 0.255 e. The second-order valence-corrected chi connectivity index (χ2v) is 11.1. The van der Waals surface area contributed by atoms with Gasteiger partial charge in [-0.2, -0.15) is 0 Å². The first-order valence-electron chi connectivity index (χ1n) is 12.2. The van der Waals surface area contributed by atoms with Crippen LogP contribution in [-0.2, 0) is 17.1 Å². The SMILES string of the molecule is Cc1cc(CSc2ccccc2)ccc1NC(=O)c1ccc([C@@H]2SCC(=O)N2Cc2ccccc2)cc1. The lowest BCUT2D eigenvalue weighted by atomic mass is 10.1. The number of carbonyl (C=O) groups excluding carboxylic acids is 2. The zero-order valence-electron chi connectivity index (χ0n) is 20.6. The molecule has 0 radical (unpaired) electrons. The van der Waals surface area contributed by atoms with Gasteiger partial charge in [-0.3, -0.25) is 9.59 Å². The van der Waals surface area contributed by atoms with Gasteiger partial charge >= 0.3 is 0 Å². The minimum atomic E-state index is -0.141. The topological polar surface area (TPSA) is 49.4 Å². The van der Waals surface area contributed by atoms with Crippen LogP contribution in [0.5, 0.6) is 0 Å². The summed E-state index contributed by atoms with van der Waals surface area (Å²) in [4.78, 5) is 28.7. The molecule has 186 valence electrons. The summed E-state index contributed by atoms with van der Waals surface area (Å²) in [6.07, 6.45) is 0. The molecular weight excluding hydrogens is 496 g/mol. The van der Waals surface area contributed by atoms with Gasteiger partial charge in [0.25, 0.3) is 5.91 Å². The van der Waals surface area contributed by atoms with E-state index in [4.69, 9.17) is 0 Å². The van der Waals surface area contributed by atoms with Gasteiger partial charge in [0.15, 0.2) is 0 Å². The highest BCUT2D eigenvalue weighted by Gasteiger charge is 2.32. The van der Waals surface area contributed by atoms with Crippen molar-refractivity contribution < 1.29 is 9.59 Å². The Hall–Kier alpha value is -3.48. The number of thioether (sulfide) groups is 2. The molecule has 1 fully saturated rings. The third-order valence-electron chi connectivity index (χ3n) is 6.31. The van der Waals surface area contributed by atoms with Crippen LogP contribution in [-0.4, -0.2) is 22.5 Å². The maximum atomic E-state index is 13.0. The second-order valence-electron chi connectivity index (χ2n) is 9.00. The van der Waals surface area contributed by atoms with Crippen LogP contribution in [0.3, 0.4) is 0 Å². The molecule has 0 aliphatic carbocycles. The molecule has 0 saturated carbocycles. The standard InChI is InChI=1S/C31H28N2O2S2/c1-22-18-24(20-36-27-10-6-3-7-11-27)12-17-28(22)32-30(35)25-13-15-26(16-14-25)31-33(29(34)21-37-31)19-23-8-4-2-5-9-23/h2-18,31H,19-21H2,1H3,(H,32,35)/t31-/m0/s1. The van der Waals surface area contributed by atoms with E-state index in [1.807, 2.05) is 90.7 Å². The van der Waals surface area contributed by atoms with Crippen molar-refractivity contribution in [3.63, 3.8) is 0 Å². The van der Waals surface area contributed by atoms with Gasteiger partial charge in [-0.1, -0.05) is 72.8 Å². The van der Waals surface area contributed by atoms with E-state index in [2.05, 4.69) is 29.6 Å². The van der Waals surface area contributed by atoms with Gasteiger partial charge in [0, 0.05) is 28.4 Å². The Balaban J connectivity index is 1.22. The van der Waals surface area contributed by atoms with Crippen LogP contribution in [0, 0.1) is 6.92 Å². The minimum Gasteiger partial charge on any atom is -0.322 e. The lowest BCUT2D eigenvalue weighted by molar-refractivity contribution is -0.128. The molecule has 5 rings (SSSR count). The fraction of sp³-hybridized carbons (Fsp3) is 0.161. The van der Waals surface area contributed by atoms with Gasteiger partial charge in [-0.15, -0.1) is 23.5 Å². The van der Waals surface area contributed by atoms with Crippen LogP contribution in [0.4, 0.5) is 5.69 Å².